The Morgan fingerprint density at radius 3 is 2.94 bits per heavy atom. The molecule has 0 bridgehead atoms. The van der Waals surface area contributed by atoms with Crippen LogP contribution in [-0.2, 0) is 0 Å². The van der Waals surface area contributed by atoms with Gasteiger partial charge in [-0.3, -0.25) is 4.90 Å². The van der Waals surface area contributed by atoms with Crippen LogP contribution >= 0.6 is 0 Å². The van der Waals surface area contributed by atoms with Gasteiger partial charge in [0.1, 0.15) is 0 Å². The molecular formula is C16H27NO. The Labute approximate surface area is 111 Å². The van der Waals surface area contributed by atoms with Crippen molar-refractivity contribution in [3.05, 3.63) is 23.8 Å². The predicted octanol–water partition coefficient (Wildman–Crippen LogP) is 2.99. The van der Waals surface area contributed by atoms with Gasteiger partial charge in [0.05, 0.1) is 0 Å². The van der Waals surface area contributed by atoms with Crippen LogP contribution in [0, 0.1) is 11.8 Å². The maximum Gasteiger partial charge on any atom is 0.0471 e. The highest BCUT2D eigenvalue weighted by Crippen LogP contribution is 2.29. The van der Waals surface area contributed by atoms with Gasteiger partial charge in [-0.05, 0) is 57.4 Å². The summed E-state index contributed by atoms with van der Waals surface area (Å²) in [5.41, 5.74) is 2.94. The minimum absolute atomic E-state index is 0.354. The first-order chi connectivity index (χ1) is 8.69. The molecule has 1 N–H and O–H groups in total. The highest BCUT2D eigenvalue weighted by molar-refractivity contribution is 5.13. The molecule has 2 rings (SSSR count). The fourth-order valence-electron chi connectivity index (χ4n) is 3.21. The molecule has 0 aromatic carbocycles. The van der Waals surface area contributed by atoms with Crippen molar-refractivity contribution in [3.8, 4) is 0 Å². The van der Waals surface area contributed by atoms with Gasteiger partial charge in [-0.15, -0.1) is 0 Å². The van der Waals surface area contributed by atoms with E-state index >= 15 is 0 Å². The molecule has 1 heterocycles. The molecule has 2 aliphatic rings. The summed E-state index contributed by atoms with van der Waals surface area (Å²) in [4.78, 5) is 2.53. The second-order valence-electron chi connectivity index (χ2n) is 6.11. The van der Waals surface area contributed by atoms with E-state index in [0.717, 1.165) is 13.1 Å². The topological polar surface area (TPSA) is 23.5 Å². The Bertz CT molecular complexity index is 321. The van der Waals surface area contributed by atoms with Crippen LogP contribution in [-0.4, -0.2) is 36.2 Å². The molecule has 1 aliphatic carbocycles. The maximum atomic E-state index is 9.26. The van der Waals surface area contributed by atoms with E-state index in [1.165, 1.54) is 44.2 Å². The van der Waals surface area contributed by atoms with Crippen LogP contribution in [0.1, 0.15) is 39.0 Å². The van der Waals surface area contributed by atoms with Gasteiger partial charge in [-0.1, -0.05) is 23.8 Å². The molecule has 0 aromatic heterocycles. The summed E-state index contributed by atoms with van der Waals surface area (Å²) in [7, 11) is 0. The zero-order valence-electron chi connectivity index (χ0n) is 11.7. The van der Waals surface area contributed by atoms with Crippen molar-refractivity contribution in [1.82, 2.24) is 4.90 Å². The summed E-state index contributed by atoms with van der Waals surface area (Å²) >= 11 is 0. The van der Waals surface area contributed by atoms with Crippen LogP contribution in [0.3, 0.4) is 0 Å². The summed E-state index contributed by atoms with van der Waals surface area (Å²) in [6.07, 6.45) is 8.57. The first-order valence-electron chi connectivity index (χ1n) is 7.35. The highest BCUT2D eigenvalue weighted by atomic mass is 16.3. The monoisotopic (exact) mass is 249 g/mol. The SMILES string of the molecule is C=C(C)[C@H]1CC=C(CN2CCCC(CO)C2)CC1. The number of likely N-dealkylation sites (tertiary alicyclic amines) is 1. The third kappa shape index (κ3) is 3.69. The number of hydrogen-bond donors (Lipinski definition) is 1. The number of aliphatic hydroxyl groups excluding tert-OH is 1. The Hall–Kier alpha value is -0.600. The summed E-state index contributed by atoms with van der Waals surface area (Å²) in [6, 6.07) is 0. The Kier molecular flexibility index (Phi) is 5.02. The zero-order chi connectivity index (χ0) is 13.0. The molecule has 1 unspecified atom stereocenters. The standard InChI is InChI=1S/C16H27NO/c1-13(2)16-7-5-14(6-8-16)10-17-9-3-4-15(11-17)12-18/h5,15-16,18H,1,3-4,6-12H2,2H3/t15?,16-/m0/s1. The van der Waals surface area contributed by atoms with Crippen molar-refractivity contribution in [2.75, 3.05) is 26.2 Å². The molecule has 1 saturated heterocycles. The predicted molar refractivity (Wildman–Crippen MR) is 76.5 cm³/mol. The minimum Gasteiger partial charge on any atom is -0.396 e. The number of nitrogens with zero attached hydrogens (tertiary/aromatic N) is 1. The summed E-state index contributed by atoms with van der Waals surface area (Å²) in [5.74, 6) is 1.21. The van der Waals surface area contributed by atoms with Crippen LogP contribution in [0.5, 0.6) is 0 Å². The molecule has 1 aliphatic heterocycles. The molecule has 2 heteroatoms. The van der Waals surface area contributed by atoms with Crippen LogP contribution in [0.2, 0.25) is 0 Å². The average Bonchev–Trinajstić information content (AvgIpc) is 2.39. The number of allylic oxidation sites excluding steroid dienone is 2. The summed E-state index contributed by atoms with van der Waals surface area (Å²) in [6.45, 7) is 9.99. The zero-order valence-corrected chi connectivity index (χ0v) is 11.7. The van der Waals surface area contributed by atoms with Gasteiger partial charge in [0.2, 0.25) is 0 Å². The van der Waals surface area contributed by atoms with Gasteiger partial charge < -0.3 is 5.11 Å². The first kappa shape index (κ1) is 13.8. The lowest BCUT2D eigenvalue weighted by Crippen LogP contribution is -2.38. The molecular weight excluding hydrogens is 222 g/mol. The van der Waals surface area contributed by atoms with Crippen LogP contribution in [0.25, 0.3) is 0 Å². The lowest BCUT2D eigenvalue weighted by atomic mass is 9.85. The first-order valence-corrected chi connectivity index (χ1v) is 7.35. The van der Waals surface area contributed by atoms with Crippen LogP contribution in [0.15, 0.2) is 23.8 Å². The van der Waals surface area contributed by atoms with Crippen molar-refractivity contribution in [2.24, 2.45) is 11.8 Å². The molecule has 0 radical (unpaired) electrons. The Morgan fingerprint density at radius 1 is 1.50 bits per heavy atom. The molecule has 1 fully saturated rings. The average molecular weight is 249 g/mol. The number of rotatable bonds is 4. The van der Waals surface area contributed by atoms with Crippen molar-refractivity contribution in [1.29, 1.82) is 0 Å². The molecule has 0 spiro atoms. The van der Waals surface area contributed by atoms with Crippen LogP contribution in [0.4, 0.5) is 0 Å². The van der Waals surface area contributed by atoms with E-state index in [0.29, 0.717) is 18.4 Å². The third-order valence-corrected chi connectivity index (χ3v) is 4.49. The van der Waals surface area contributed by atoms with Crippen LogP contribution < -0.4 is 0 Å². The maximum absolute atomic E-state index is 9.26. The fourth-order valence-corrected chi connectivity index (χ4v) is 3.21. The van der Waals surface area contributed by atoms with Gasteiger partial charge in [0, 0.05) is 19.7 Å². The van der Waals surface area contributed by atoms with Gasteiger partial charge in [0.25, 0.3) is 0 Å². The molecule has 102 valence electrons. The second kappa shape index (κ2) is 6.53. The van der Waals surface area contributed by atoms with E-state index in [2.05, 4.69) is 24.5 Å². The highest BCUT2D eigenvalue weighted by Gasteiger charge is 2.21. The number of piperidine rings is 1. The van der Waals surface area contributed by atoms with Gasteiger partial charge >= 0.3 is 0 Å². The van der Waals surface area contributed by atoms with Crippen molar-refractivity contribution >= 4 is 0 Å². The molecule has 0 saturated carbocycles. The van der Waals surface area contributed by atoms with E-state index in [9.17, 15) is 5.11 Å². The van der Waals surface area contributed by atoms with E-state index in [1.807, 2.05) is 0 Å². The minimum atomic E-state index is 0.354. The largest absolute Gasteiger partial charge is 0.396 e. The molecule has 2 nitrogen and oxygen atoms in total. The quantitative estimate of drug-likeness (QED) is 0.774. The van der Waals surface area contributed by atoms with E-state index in [1.54, 1.807) is 5.57 Å². The fraction of sp³-hybridized carbons (Fsp3) is 0.750. The summed E-state index contributed by atoms with van der Waals surface area (Å²) < 4.78 is 0. The van der Waals surface area contributed by atoms with Gasteiger partial charge in [-0.2, -0.15) is 0 Å². The Balaban J connectivity index is 1.81. The van der Waals surface area contributed by atoms with E-state index < -0.39 is 0 Å². The number of aliphatic hydroxyl groups is 1. The Morgan fingerprint density at radius 2 is 2.33 bits per heavy atom. The van der Waals surface area contributed by atoms with Gasteiger partial charge in [0.15, 0.2) is 0 Å². The number of hydrogen-bond acceptors (Lipinski definition) is 2. The van der Waals surface area contributed by atoms with E-state index in [-0.39, 0.29) is 0 Å². The smallest absolute Gasteiger partial charge is 0.0471 e. The molecule has 0 aromatic rings. The van der Waals surface area contributed by atoms with Crippen molar-refractivity contribution in [3.63, 3.8) is 0 Å². The molecule has 0 amide bonds. The molecule has 2 atom stereocenters. The third-order valence-electron chi connectivity index (χ3n) is 4.49. The second-order valence-corrected chi connectivity index (χ2v) is 6.11. The van der Waals surface area contributed by atoms with E-state index in [4.69, 9.17) is 0 Å². The normalized spacial score (nSPS) is 30.0. The van der Waals surface area contributed by atoms with Crippen molar-refractivity contribution in [2.45, 2.75) is 39.0 Å². The lowest BCUT2D eigenvalue weighted by Gasteiger charge is -2.33. The van der Waals surface area contributed by atoms with Crippen molar-refractivity contribution < 1.29 is 5.11 Å². The molecule has 18 heavy (non-hydrogen) atoms. The summed E-state index contributed by atoms with van der Waals surface area (Å²) in [5, 5.41) is 9.26. The lowest BCUT2D eigenvalue weighted by molar-refractivity contribution is 0.126. The van der Waals surface area contributed by atoms with Gasteiger partial charge in [-0.25, -0.2) is 0 Å².